The van der Waals surface area contributed by atoms with Gasteiger partial charge in [-0.05, 0) is 73.4 Å². The van der Waals surface area contributed by atoms with E-state index in [1.54, 1.807) is 18.3 Å². The van der Waals surface area contributed by atoms with Crippen molar-refractivity contribution in [3.8, 4) is 0 Å². The van der Waals surface area contributed by atoms with Crippen molar-refractivity contribution < 1.29 is 17.6 Å². The van der Waals surface area contributed by atoms with Gasteiger partial charge in [-0.3, -0.25) is 14.7 Å². The van der Waals surface area contributed by atoms with Crippen LogP contribution in [0.1, 0.15) is 35.8 Å². The van der Waals surface area contributed by atoms with E-state index in [0.29, 0.717) is 45.6 Å². The van der Waals surface area contributed by atoms with Crippen LogP contribution in [0.2, 0.25) is 0 Å². The van der Waals surface area contributed by atoms with Crippen LogP contribution in [0.15, 0.2) is 71.8 Å². The Hall–Kier alpha value is -3.21. The number of anilines is 1. The number of sulfonamides is 1. The summed E-state index contributed by atoms with van der Waals surface area (Å²) < 4.78 is 42.0. The Morgan fingerprint density at radius 2 is 1.86 bits per heavy atom. The first-order valence-electron chi connectivity index (χ1n) is 11.7. The smallest absolute Gasteiger partial charge is 0.260 e. The lowest BCUT2D eigenvalue weighted by atomic mass is 10.0. The normalized spacial score (nSPS) is 15.3. The van der Waals surface area contributed by atoms with E-state index in [0.717, 1.165) is 12.8 Å². The lowest BCUT2D eigenvalue weighted by molar-refractivity contribution is 0.0984. The molecule has 10 heteroatoms. The molecule has 186 valence electrons. The molecule has 0 spiro atoms. The van der Waals surface area contributed by atoms with Crippen LogP contribution >= 0.6 is 11.3 Å². The van der Waals surface area contributed by atoms with E-state index in [1.165, 1.54) is 56.9 Å². The lowest BCUT2D eigenvalue weighted by Crippen LogP contribution is -2.37. The maximum Gasteiger partial charge on any atom is 0.260 e. The Morgan fingerprint density at radius 1 is 1.11 bits per heavy atom. The number of carbonyl (C=O) groups is 1. The second kappa shape index (κ2) is 10.0. The summed E-state index contributed by atoms with van der Waals surface area (Å²) in [5.41, 5.74) is 1.57. The number of thiazole rings is 1. The van der Waals surface area contributed by atoms with Gasteiger partial charge in [0.05, 0.1) is 27.4 Å². The zero-order valence-corrected chi connectivity index (χ0v) is 21.3. The largest absolute Gasteiger partial charge is 0.278 e. The summed E-state index contributed by atoms with van der Waals surface area (Å²) in [4.78, 5) is 24.2. The molecule has 4 aromatic rings. The fraction of sp³-hybridized carbons (Fsp3) is 0.269. The van der Waals surface area contributed by atoms with E-state index in [1.807, 2.05) is 12.1 Å². The maximum atomic E-state index is 13.7. The van der Waals surface area contributed by atoms with Crippen molar-refractivity contribution in [1.82, 2.24) is 14.3 Å². The topological polar surface area (TPSA) is 83.5 Å². The molecular weight excluding hydrogens is 499 g/mol. The number of pyridine rings is 1. The van der Waals surface area contributed by atoms with Crippen molar-refractivity contribution in [3.63, 3.8) is 0 Å². The Labute approximate surface area is 213 Å². The summed E-state index contributed by atoms with van der Waals surface area (Å²) in [6.45, 7) is 3.29. The zero-order valence-electron chi connectivity index (χ0n) is 19.7. The van der Waals surface area contributed by atoms with E-state index in [9.17, 15) is 17.6 Å². The molecule has 36 heavy (non-hydrogen) atoms. The highest BCUT2D eigenvalue weighted by molar-refractivity contribution is 7.89. The molecular formula is C26H25FN4O3S2. The predicted octanol–water partition coefficient (Wildman–Crippen LogP) is 5.10. The second-order valence-electron chi connectivity index (χ2n) is 8.93. The quantitative estimate of drug-likeness (QED) is 0.351. The van der Waals surface area contributed by atoms with Gasteiger partial charge in [-0.15, -0.1) is 0 Å². The molecule has 2 aromatic heterocycles. The SMILES string of the molecule is CC1CCN(S(=O)(=O)c2ccc(C(=O)N(Cc3ccccn3)c3nc4ccc(F)cc4s3)cc2)CC1. The van der Waals surface area contributed by atoms with Gasteiger partial charge in [0, 0.05) is 24.8 Å². The molecule has 0 unspecified atom stereocenters. The first-order valence-corrected chi connectivity index (χ1v) is 13.9. The fourth-order valence-corrected chi connectivity index (χ4v) is 6.64. The molecule has 0 saturated carbocycles. The first kappa shape index (κ1) is 24.5. The predicted molar refractivity (Wildman–Crippen MR) is 138 cm³/mol. The maximum absolute atomic E-state index is 13.7. The van der Waals surface area contributed by atoms with Crippen LogP contribution in [-0.4, -0.2) is 41.7 Å². The molecule has 0 N–H and O–H groups in total. The van der Waals surface area contributed by atoms with Gasteiger partial charge in [-0.25, -0.2) is 17.8 Å². The molecule has 2 aromatic carbocycles. The summed E-state index contributed by atoms with van der Waals surface area (Å²) in [5.74, 6) is -0.211. The van der Waals surface area contributed by atoms with Crippen LogP contribution in [0.3, 0.4) is 0 Å². The van der Waals surface area contributed by atoms with Crippen molar-refractivity contribution >= 4 is 42.6 Å². The van der Waals surface area contributed by atoms with Crippen molar-refractivity contribution in [2.75, 3.05) is 18.0 Å². The van der Waals surface area contributed by atoms with Crippen LogP contribution in [0.25, 0.3) is 10.2 Å². The summed E-state index contributed by atoms with van der Waals surface area (Å²) in [6, 6.07) is 15.7. The van der Waals surface area contributed by atoms with E-state index < -0.39 is 10.0 Å². The fourth-order valence-electron chi connectivity index (χ4n) is 4.18. The molecule has 1 aliphatic heterocycles. The lowest BCUT2D eigenvalue weighted by Gasteiger charge is -2.29. The third kappa shape index (κ3) is 5.02. The third-order valence-electron chi connectivity index (χ3n) is 6.34. The summed E-state index contributed by atoms with van der Waals surface area (Å²) in [7, 11) is -3.62. The Morgan fingerprint density at radius 3 is 2.56 bits per heavy atom. The van der Waals surface area contributed by atoms with Gasteiger partial charge in [0.25, 0.3) is 5.91 Å². The highest BCUT2D eigenvalue weighted by Gasteiger charge is 2.29. The van der Waals surface area contributed by atoms with Crippen LogP contribution in [-0.2, 0) is 16.6 Å². The minimum Gasteiger partial charge on any atom is -0.278 e. The molecule has 0 radical (unpaired) electrons. The van der Waals surface area contributed by atoms with Gasteiger partial charge < -0.3 is 0 Å². The van der Waals surface area contributed by atoms with Crippen molar-refractivity contribution in [1.29, 1.82) is 0 Å². The number of benzene rings is 2. The number of rotatable bonds is 6. The van der Waals surface area contributed by atoms with Gasteiger partial charge in [0.15, 0.2) is 5.13 Å². The Bertz CT molecular complexity index is 1480. The molecule has 5 rings (SSSR count). The van der Waals surface area contributed by atoms with Crippen molar-refractivity contribution in [3.05, 3.63) is 83.9 Å². The van der Waals surface area contributed by atoms with Crippen molar-refractivity contribution in [2.24, 2.45) is 5.92 Å². The minimum atomic E-state index is -3.62. The summed E-state index contributed by atoms with van der Waals surface area (Å²) >= 11 is 1.21. The molecule has 1 fully saturated rings. The number of aromatic nitrogens is 2. The number of hydrogen-bond acceptors (Lipinski definition) is 6. The monoisotopic (exact) mass is 524 g/mol. The van der Waals surface area contributed by atoms with Crippen LogP contribution < -0.4 is 4.90 Å². The number of piperidine rings is 1. The molecule has 0 bridgehead atoms. The van der Waals surface area contributed by atoms with Gasteiger partial charge in [0.1, 0.15) is 5.82 Å². The third-order valence-corrected chi connectivity index (χ3v) is 9.30. The minimum absolute atomic E-state index is 0.161. The zero-order chi connectivity index (χ0) is 25.3. The Kier molecular flexibility index (Phi) is 6.83. The van der Waals surface area contributed by atoms with Gasteiger partial charge >= 0.3 is 0 Å². The highest BCUT2D eigenvalue weighted by atomic mass is 32.2. The molecule has 7 nitrogen and oxygen atoms in total. The van der Waals surface area contributed by atoms with Gasteiger partial charge in [-0.1, -0.05) is 24.3 Å². The summed E-state index contributed by atoms with van der Waals surface area (Å²) in [5, 5.41) is 0.408. The van der Waals surface area contributed by atoms with E-state index >= 15 is 0 Å². The number of carbonyl (C=O) groups excluding carboxylic acids is 1. The number of amides is 1. The highest BCUT2D eigenvalue weighted by Crippen LogP contribution is 2.31. The van der Waals surface area contributed by atoms with Crippen molar-refractivity contribution in [2.45, 2.75) is 31.2 Å². The van der Waals surface area contributed by atoms with Crippen LogP contribution in [0.5, 0.6) is 0 Å². The van der Waals surface area contributed by atoms with Gasteiger partial charge in [0.2, 0.25) is 10.0 Å². The average Bonchev–Trinajstić information content (AvgIpc) is 3.31. The van der Waals surface area contributed by atoms with Gasteiger partial charge in [-0.2, -0.15) is 4.31 Å². The molecule has 1 amide bonds. The number of hydrogen-bond donors (Lipinski definition) is 0. The number of nitrogens with zero attached hydrogens (tertiary/aromatic N) is 4. The molecule has 3 heterocycles. The molecule has 0 aliphatic carbocycles. The molecule has 0 atom stereocenters. The molecule has 1 aliphatic rings. The number of fused-ring (bicyclic) bond motifs is 1. The van der Waals surface area contributed by atoms with E-state index in [-0.39, 0.29) is 23.2 Å². The average molecular weight is 525 g/mol. The summed E-state index contributed by atoms with van der Waals surface area (Å²) in [6.07, 6.45) is 3.32. The first-order chi connectivity index (χ1) is 17.3. The van der Waals surface area contributed by atoms with E-state index in [2.05, 4.69) is 16.9 Å². The Balaban J connectivity index is 1.45. The molecule has 1 saturated heterocycles. The standard InChI is InChI=1S/C26H25FN4O3S2/c1-18-11-14-30(15-12-18)36(33,34)22-8-5-19(6-9-22)25(32)31(17-21-4-2-3-13-28-21)26-29-23-10-7-20(27)16-24(23)35-26/h2-10,13,16,18H,11-12,14-15,17H2,1H3. The van der Waals surface area contributed by atoms with Crippen LogP contribution in [0.4, 0.5) is 9.52 Å². The number of halogens is 1. The second-order valence-corrected chi connectivity index (χ2v) is 11.9. The van der Waals surface area contributed by atoms with E-state index in [4.69, 9.17) is 0 Å². The van der Waals surface area contributed by atoms with Crippen LogP contribution in [0, 0.1) is 11.7 Å².